The number of rotatable bonds is 3. The van der Waals surface area contributed by atoms with E-state index in [1.165, 1.54) is 44.2 Å². The van der Waals surface area contributed by atoms with Crippen LogP contribution >= 0.6 is 11.8 Å². The Morgan fingerprint density at radius 1 is 1.17 bits per heavy atom. The van der Waals surface area contributed by atoms with Crippen molar-refractivity contribution in [2.24, 2.45) is 10.9 Å². The van der Waals surface area contributed by atoms with Crippen molar-refractivity contribution in [1.82, 2.24) is 0 Å². The first kappa shape index (κ1) is 18.3. The number of halogens is 1. The summed E-state index contributed by atoms with van der Waals surface area (Å²) >= 11 is 1.77. The SMILES string of the molecule is C[Si](C)(C)C#CC(=Nc1ccc(F)cc1)SCC1CCCCC1. The van der Waals surface area contributed by atoms with Gasteiger partial charge in [-0.05, 0) is 48.9 Å². The van der Waals surface area contributed by atoms with Gasteiger partial charge < -0.3 is 0 Å². The van der Waals surface area contributed by atoms with E-state index in [9.17, 15) is 4.39 Å². The van der Waals surface area contributed by atoms with E-state index in [0.29, 0.717) is 0 Å². The lowest BCUT2D eigenvalue weighted by Gasteiger charge is -2.20. The van der Waals surface area contributed by atoms with Crippen LogP contribution < -0.4 is 0 Å². The molecule has 0 heterocycles. The predicted molar refractivity (Wildman–Crippen MR) is 104 cm³/mol. The zero-order valence-corrected chi connectivity index (χ0v) is 16.2. The fourth-order valence-corrected chi connectivity index (χ4v) is 4.12. The van der Waals surface area contributed by atoms with Gasteiger partial charge in [-0.25, -0.2) is 9.38 Å². The van der Waals surface area contributed by atoms with E-state index < -0.39 is 8.07 Å². The molecule has 0 atom stereocenters. The summed E-state index contributed by atoms with van der Waals surface area (Å²) in [7, 11) is -1.43. The van der Waals surface area contributed by atoms with Crippen LogP contribution in [0.2, 0.25) is 19.6 Å². The fraction of sp³-hybridized carbons (Fsp3) is 0.526. The average molecular weight is 348 g/mol. The lowest BCUT2D eigenvalue weighted by Crippen LogP contribution is -2.17. The Morgan fingerprint density at radius 3 is 2.43 bits per heavy atom. The minimum absolute atomic E-state index is 0.228. The van der Waals surface area contributed by atoms with Gasteiger partial charge in [0.15, 0.2) is 0 Å². The molecule has 1 aromatic rings. The van der Waals surface area contributed by atoms with E-state index in [4.69, 9.17) is 0 Å². The van der Waals surface area contributed by atoms with Crippen LogP contribution in [0.1, 0.15) is 32.1 Å². The number of thioether (sulfide) groups is 1. The van der Waals surface area contributed by atoms with Gasteiger partial charge in [-0.1, -0.05) is 50.7 Å². The zero-order valence-electron chi connectivity index (χ0n) is 14.4. The molecule has 0 radical (unpaired) electrons. The van der Waals surface area contributed by atoms with Crippen molar-refractivity contribution in [1.29, 1.82) is 0 Å². The molecule has 0 bridgehead atoms. The highest BCUT2D eigenvalue weighted by molar-refractivity contribution is 8.14. The summed E-state index contributed by atoms with van der Waals surface area (Å²) in [4.78, 5) is 4.65. The molecule has 1 fully saturated rings. The largest absolute Gasteiger partial charge is 0.233 e. The molecular formula is C19H26FNSSi. The van der Waals surface area contributed by atoms with Crippen molar-refractivity contribution in [2.45, 2.75) is 51.7 Å². The van der Waals surface area contributed by atoms with Crippen molar-refractivity contribution < 1.29 is 4.39 Å². The third-order valence-corrected chi connectivity index (χ3v) is 5.76. The van der Waals surface area contributed by atoms with Crippen LogP contribution in [0.15, 0.2) is 29.3 Å². The second kappa shape index (κ2) is 8.70. The summed E-state index contributed by atoms with van der Waals surface area (Å²) in [6.07, 6.45) is 6.76. The van der Waals surface area contributed by atoms with Crippen molar-refractivity contribution in [3.05, 3.63) is 30.1 Å². The molecule has 124 valence electrons. The van der Waals surface area contributed by atoms with Gasteiger partial charge in [0.1, 0.15) is 18.9 Å². The first-order valence-electron chi connectivity index (χ1n) is 8.43. The predicted octanol–water partition coefficient (Wildman–Crippen LogP) is 6.05. The molecule has 1 nitrogen and oxygen atoms in total. The molecule has 1 aliphatic carbocycles. The van der Waals surface area contributed by atoms with Crippen molar-refractivity contribution >= 4 is 30.6 Å². The molecule has 0 amide bonds. The third kappa shape index (κ3) is 7.37. The summed E-state index contributed by atoms with van der Waals surface area (Å²) in [6, 6.07) is 6.34. The molecule has 0 aliphatic heterocycles. The highest BCUT2D eigenvalue weighted by atomic mass is 32.2. The molecule has 0 N–H and O–H groups in total. The van der Waals surface area contributed by atoms with E-state index in [1.807, 2.05) is 0 Å². The maximum atomic E-state index is 13.0. The van der Waals surface area contributed by atoms with Gasteiger partial charge in [0.05, 0.1) is 5.69 Å². The average Bonchev–Trinajstić information content (AvgIpc) is 2.52. The summed E-state index contributed by atoms with van der Waals surface area (Å²) in [5.74, 6) is 4.96. The molecule has 0 unspecified atom stereocenters. The van der Waals surface area contributed by atoms with Crippen LogP contribution in [-0.4, -0.2) is 18.9 Å². The molecule has 0 aromatic heterocycles. The number of hydrogen-bond acceptors (Lipinski definition) is 2. The zero-order chi connectivity index (χ0) is 16.7. The standard InChI is InChI=1S/C19H26FNSSi/c1-23(2,3)14-13-19(21-18-11-9-17(20)10-12-18)22-15-16-7-5-4-6-8-16/h9-12,16H,4-8,15H2,1-3H3. The lowest BCUT2D eigenvalue weighted by atomic mass is 9.91. The van der Waals surface area contributed by atoms with E-state index in [0.717, 1.165) is 22.4 Å². The lowest BCUT2D eigenvalue weighted by molar-refractivity contribution is 0.391. The van der Waals surface area contributed by atoms with Crippen LogP contribution in [-0.2, 0) is 0 Å². The van der Waals surface area contributed by atoms with E-state index in [-0.39, 0.29) is 5.82 Å². The van der Waals surface area contributed by atoms with Crippen LogP contribution in [0.4, 0.5) is 10.1 Å². The first-order chi connectivity index (χ1) is 10.9. The van der Waals surface area contributed by atoms with E-state index in [1.54, 1.807) is 23.9 Å². The Morgan fingerprint density at radius 2 is 1.83 bits per heavy atom. The van der Waals surface area contributed by atoms with E-state index in [2.05, 4.69) is 36.1 Å². The van der Waals surface area contributed by atoms with Crippen molar-refractivity contribution in [3.8, 4) is 11.5 Å². The Balaban J connectivity index is 2.09. The summed E-state index contributed by atoms with van der Waals surface area (Å²) < 4.78 is 13.0. The highest BCUT2D eigenvalue weighted by Gasteiger charge is 2.15. The summed E-state index contributed by atoms with van der Waals surface area (Å²) in [5, 5.41) is 0.879. The molecule has 23 heavy (non-hydrogen) atoms. The molecular weight excluding hydrogens is 321 g/mol. The van der Waals surface area contributed by atoms with Crippen LogP contribution in [0.5, 0.6) is 0 Å². The number of hydrogen-bond donors (Lipinski definition) is 0. The summed E-state index contributed by atoms with van der Waals surface area (Å²) in [6.45, 7) is 6.71. The Kier molecular flexibility index (Phi) is 6.92. The van der Waals surface area contributed by atoms with Gasteiger partial charge in [-0.2, -0.15) is 0 Å². The Hall–Kier alpha value is -1.05. The molecule has 4 heteroatoms. The van der Waals surface area contributed by atoms with Crippen molar-refractivity contribution in [2.75, 3.05) is 5.75 Å². The molecule has 0 saturated heterocycles. The maximum absolute atomic E-state index is 13.0. The van der Waals surface area contributed by atoms with Gasteiger partial charge >= 0.3 is 0 Å². The normalized spacial score (nSPS) is 16.8. The summed E-state index contributed by atoms with van der Waals surface area (Å²) in [5.41, 5.74) is 4.18. The molecule has 1 saturated carbocycles. The topological polar surface area (TPSA) is 12.4 Å². The minimum Gasteiger partial charge on any atom is -0.233 e. The van der Waals surface area contributed by atoms with Gasteiger partial charge in [0.2, 0.25) is 0 Å². The van der Waals surface area contributed by atoms with Crippen LogP contribution in [0.25, 0.3) is 0 Å². The Labute approximate surface area is 145 Å². The maximum Gasteiger partial charge on any atom is 0.146 e. The molecule has 2 rings (SSSR count). The Bertz CT molecular complexity index is 587. The monoisotopic (exact) mass is 347 g/mol. The number of aliphatic imine (C=N–C) groups is 1. The molecule has 1 aromatic carbocycles. The molecule has 1 aliphatic rings. The minimum atomic E-state index is -1.43. The number of benzene rings is 1. The highest BCUT2D eigenvalue weighted by Crippen LogP contribution is 2.27. The van der Waals surface area contributed by atoms with Crippen LogP contribution in [0, 0.1) is 23.2 Å². The van der Waals surface area contributed by atoms with Gasteiger partial charge in [0, 0.05) is 5.75 Å². The fourth-order valence-electron chi connectivity index (χ4n) is 2.52. The van der Waals surface area contributed by atoms with Crippen molar-refractivity contribution in [3.63, 3.8) is 0 Å². The third-order valence-electron chi connectivity index (χ3n) is 3.78. The quantitative estimate of drug-likeness (QED) is 0.280. The first-order valence-corrected chi connectivity index (χ1v) is 12.9. The second-order valence-corrected chi connectivity index (χ2v) is 13.0. The van der Waals surface area contributed by atoms with Gasteiger partial charge in [-0.3, -0.25) is 0 Å². The van der Waals surface area contributed by atoms with Gasteiger partial charge in [0.25, 0.3) is 0 Å². The molecule has 0 spiro atoms. The van der Waals surface area contributed by atoms with E-state index >= 15 is 0 Å². The second-order valence-electron chi connectivity index (χ2n) is 7.21. The van der Waals surface area contributed by atoms with Crippen LogP contribution in [0.3, 0.4) is 0 Å². The van der Waals surface area contributed by atoms with Gasteiger partial charge in [-0.15, -0.1) is 5.54 Å². The smallest absolute Gasteiger partial charge is 0.146 e. The number of nitrogens with zero attached hydrogens (tertiary/aromatic N) is 1.